The molecule has 0 aromatic rings. The van der Waals surface area contributed by atoms with Crippen molar-refractivity contribution in [1.29, 1.82) is 0 Å². The Bertz CT molecular complexity index is 172. The topological polar surface area (TPSA) is 12.0 Å². The van der Waals surface area contributed by atoms with Crippen molar-refractivity contribution >= 4 is 11.8 Å². The summed E-state index contributed by atoms with van der Waals surface area (Å²) >= 11 is 2.24. The Kier molecular flexibility index (Phi) is 7.55. The van der Waals surface area contributed by atoms with E-state index in [2.05, 4.69) is 38.0 Å². The maximum atomic E-state index is 3.30. The second kappa shape index (κ2) is 8.41. The van der Waals surface area contributed by atoms with E-state index in [9.17, 15) is 0 Å². The van der Waals surface area contributed by atoms with Gasteiger partial charge in [-0.15, -0.1) is 0 Å². The largest absolute Gasteiger partial charge is 0.317 e. The van der Waals surface area contributed by atoms with Crippen molar-refractivity contribution in [2.24, 2.45) is 5.92 Å². The molecule has 1 rings (SSSR count). The second-order valence-electron chi connectivity index (χ2n) is 5.45. The van der Waals surface area contributed by atoms with Gasteiger partial charge in [0.05, 0.1) is 0 Å². The van der Waals surface area contributed by atoms with E-state index in [-0.39, 0.29) is 0 Å². The fourth-order valence-electron chi connectivity index (χ4n) is 2.48. The first-order chi connectivity index (χ1) is 7.72. The zero-order valence-electron chi connectivity index (χ0n) is 11.3. The summed E-state index contributed by atoms with van der Waals surface area (Å²) in [5.74, 6) is 2.36. The maximum absolute atomic E-state index is 3.30. The molecule has 1 aliphatic carbocycles. The van der Waals surface area contributed by atoms with Gasteiger partial charge in [-0.1, -0.05) is 26.2 Å². The van der Waals surface area contributed by atoms with Crippen LogP contribution in [0.4, 0.5) is 0 Å². The second-order valence-corrected chi connectivity index (χ2v) is 6.86. The lowest BCUT2D eigenvalue weighted by molar-refractivity contribution is 0.394. The molecule has 0 bridgehead atoms. The highest BCUT2D eigenvalue weighted by molar-refractivity contribution is 7.99. The first-order valence-electron chi connectivity index (χ1n) is 7.01. The highest BCUT2D eigenvalue weighted by atomic mass is 32.2. The van der Waals surface area contributed by atoms with Gasteiger partial charge in [-0.05, 0) is 51.3 Å². The SMILES string of the molecule is CNC(C)CCCCSC1CCCC(C)C1. The number of nitrogens with one attached hydrogen (secondary N) is 1. The summed E-state index contributed by atoms with van der Waals surface area (Å²) in [7, 11) is 2.06. The number of unbranched alkanes of at least 4 members (excludes halogenated alkanes) is 1. The Morgan fingerprint density at radius 1 is 1.31 bits per heavy atom. The summed E-state index contributed by atoms with van der Waals surface area (Å²) < 4.78 is 0. The quantitative estimate of drug-likeness (QED) is 0.676. The Balaban J connectivity index is 1.94. The van der Waals surface area contributed by atoms with Gasteiger partial charge in [-0.25, -0.2) is 0 Å². The molecule has 0 amide bonds. The van der Waals surface area contributed by atoms with Gasteiger partial charge in [0.25, 0.3) is 0 Å². The van der Waals surface area contributed by atoms with Crippen LogP contribution in [0.1, 0.15) is 58.8 Å². The van der Waals surface area contributed by atoms with Gasteiger partial charge in [0.2, 0.25) is 0 Å². The molecule has 1 fully saturated rings. The predicted molar refractivity (Wildman–Crippen MR) is 76.3 cm³/mol. The maximum Gasteiger partial charge on any atom is 0.00495 e. The standard InChI is InChI=1S/C14H29NS/c1-12-7-6-9-14(11-12)16-10-5-4-8-13(2)15-3/h12-15H,4-11H2,1-3H3. The van der Waals surface area contributed by atoms with E-state index < -0.39 is 0 Å². The summed E-state index contributed by atoms with van der Waals surface area (Å²) in [6.07, 6.45) is 10.0. The van der Waals surface area contributed by atoms with Gasteiger partial charge in [-0.2, -0.15) is 11.8 Å². The molecular formula is C14H29NS. The van der Waals surface area contributed by atoms with Gasteiger partial charge in [0, 0.05) is 11.3 Å². The Hall–Kier alpha value is 0.310. The summed E-state index contributed by atoms with van der Waals surface area (Å²) in [5.41, 5.74) is 0. The third-order valence-electron chi connectivity index (χ3n) is 3.77. The molecule has 0 aromatic carbocycles. The Morgan fingerprint density at radius 3 is 2.81 bits per heavy atom. The highest BCUT2D eigenvalue weighted by Gasteiger charge is 2.18. The predicted octanol–water partition coefficient (Wildman–Crippen LogP) is 4.08. The van der Waals surface area contributed by atoms with Gasteiger partial charge in [0.1, 0.15) is 0 Å². The average molecular weight is 243 g/mol. The van der Waals surface area contributed by atoms with Crippen molar-refractivity contribution in [1.82, 2.24) is 5.32 Å². The summed E-state index contributed by atoms with van der Waals surface area (Å²) in [5, 5.41) is 4.28. The molecule has 3 atom stereocenters. The molecule has 1 saturated carbocycles. The van der Waals surface area contributed by atoms with Gasteiger partial charge < -0.3 is 5.32 Å². The number of rotatable bonds is 7. The smallest absolute Gasteiger partial charge is 0.00495 e. The van der Waals surface area contributed by atoms with Crippen LogP contribution < -0.4 is 5.32 Å². The van der Waals surface area contributed by atoms with Crippen molar-refractivity contribution in [3.05, 3.63) is 0 Å². The van der Waals surface area contributed by atoms with Crippen molar-refractivity contribution < 1.29 is 0 Å². The molecule has 16 heavy (non-hydrogen) atoms. The fraction of sp³-hybridized carbons (Fsp3) is 1.00. The molecule has 0 aromatic heterocycles. The lowest BCUT2D eigenvalue weighted by Gasteiger charge is -2.26. The third kappa shape index (κ3) is 6.15. The Morgan fingerprint density at radius 2 is 2.12 bits per heavy atom. The van der Waals surface area contributed by atoms with Crippen molar-refractivity contribution in [3.8, 4) is 0 Å². The lowest BCUT2D eigenvalue weighted by Crippen LogP contribution is -2.20. The first kappa shape index (κ1) is 14.4. The van der Waals surface area contributed by atoms with Crippen LogP contribution in [-0.4, -0.2) is 24.1 Å². The molecular weight excluding hydrogens is 214 g/mol. The van der Waals surface area contributed by atoms with Crippen molar-refractivity contribution in [2.75, 3.05) is 12.8 Å². The van der Waals surface area contributed by atoms with Gasteiger partial charge in [0.15, 0.2) is 0 Å². The van der Waals surface area contributed by atoms with Crippen LogP contribution in [0.2, 0.25) is 0 Å². The normalized spacial score (nSPS) is 27.9. The average Bonchev–Trinajstić information content (AvgIpc) is 2.28. The van der Waals surface area contributed by atoms with E-state index in [0.29, 0.717) is 6.04 Å². The van der Waals surface area contributed by atoms with Crippen molar-refractivity contribution in [2.45, 2.75) is 70.1 Å². The molecule has 0 saturated heterocycles. The van der Waals surface area contributed by atoms with E-state index in [4.69, 9.17) is 0 Å². The van der Waals surface area contributed by atoms with Crippen LogP contribution in [0.25, 0.3) is 0 Å². The van der Waals surface area contributed by atoms with E-state index >= 15 is 0 Å². The van der Waals surface area contributed by atoms with Crippen LogP contribution in [0.5, 0.6) is 0 Å². The summed E-state index contributed by atoms with van der Waals surface area (Å²) in [6.45, 7) is 4.69. The van der Waals surface area contributed by atoms with E-state index in [1.807, 2.05) is 0 Å². The minimum absolute atomic E-state index is 0.694. The van der Waals surface area contributed by atoms with Gasteiger partial charge >= 0.3 is 0 Å². The zero-order chi connectivity index (χ0) is 11.8. The minimum atomic E-state index is 0.694. The molecule has 1 N–H and O–H groups in total. The first-order valence-corrected chi connectivity index (χ1v) is 8.06. The van der Waals surface area contributed by atoms with Gasteiger partial charge in [-0.3, -0.25) is 0 Å². The third-order valence-corrected chi connectivity index (χ3v) is 5.19. The molecule has 0 aliphatic heterocycles. The molecule has 2 heteroatoms. The van der Waals surface area contributed by atoms with Crippen LogP contribution in [-0.2, 0) is 0 Å². The summed E-state index contributed by atoms with van der Waals surface area (Å²) in [4.78, 5) is 0. The molecule has 0 heterocycles. The summed E-state index contributed by atoms with van der Waals surface area (Å²) in [6, 6.07) is 0.694. The van der Waals surface area contributed by atoms with Crippen LogP contribution >= 0.6 is 11.8 Å². The fourth-order valence-corrected chi connectivity index (χ4v) is 3.98. The Labute approximate surface area is 106 Å². The molecule has 0 spiro atoms. The number of hydrogen-bond donors (Lipinski definition) is 1. The monoisotopic (exact) mass is 243 g/mol. The number of hydrogen-bond acceptors (Lipinski definition) is 2. The van der Waals surface area contributed by atoms with E-state index in [0.717, 1.165) is 11.2 Å². The lowest BCUT2D eigenvalue weighted by atomic mass is 9.91. The number of thioether (sulfide) groups is 1. The van der Waals surface area contributed by atoms with Crippen molar-refractivity contribution in [3.63, 3.8) is 0 Å². The molecule has 0 radical (unpaired) electrons. The van der Waals surface area contributed by atoms with Crippen LogP contribution in [0, 0.1) is 5.92 Å². The zero-order valence-corrected chi connectivity index (χ0v) is 12.1. The molecule has 96 valence electrons. The van der Waals surface area contributed by atoms with E-state index in [1.165, 1.54) is 50.7 Å². The molecule has 3 unspecified atom stereocenters. The van der Waals surface area contributed by atoms with Crippen LogP contribution in [0.15, 0.2) is 0 Å². The molecule has 1 nitrogen and oxygen atoms in total. The minimum Gasteiger partial charge on any atom is -0.317 e. The highest BCUT2D eigenvalue weighted by Crippen LogP contribution is 2.32. The van der Waals surface area contributed by atoms with E-state index in [1.54, 1.807) is 0 Å². The van der Waals surface area contributed by atoms with Crippen LogP contribution in [0.3, 0.4) is 0 Å². The molecule has 1 aliphatic rings.